The van der Waals surface area contributed by atoms with Crippen LogP contribution < -0.4 is 11.2 Å². The van der Waals surface area contributed by atoms with E-state index in [4.69, 9.17) is 16.6 Å². The fraction of sp³-hybridized carbons (Fsp3) is 0.381. The van der Waals surface area contributed by atoms with E-state index in [1.807, 2.05) is 18.2 Å². The molecule has 5 rings (SSSR count). The number of thiazole rings is 1. The number of rotatable bonds is 3. The zero-order valence-corrected chi connectivity index (χ0v) is 19.2. The lowest BCUT2D eigenvalue weighted by Crippen LogP contribution is -2.41. The quantitative estimate of drug-likeness (QED) is 0.425. The van der Waals surface area contributed by atoms with Gasteiger partial charge in [-0.3, -0.25) is 23.3 Å². The zero-order chi connectivity index (χ0) is 22.6. The molecule has 0 aliphatic carbocycles. The van der Waals surface area contributed by atoms with E-state index in [9.17, 15) is 14.4 Å². The molecule has 0 N–H and O–H groups in total. The van der Waals surface area contributed by atoms with Crippen LogP contribution in [0.5, 0.6) is 0 Å². The summed E-state index contributed by atoms with van der Waals surface area (Å²) < 4.78 is 4.78. The lowest BCUT2D eigenvalue weighted by Gasteiger charge is -2.32. The zero-order valence-electron chi connectivity index (χ0n) is 17.6. The van der Waals surface area contributed by atoms with Gasteiger partial charge in [0.25, 0.3) is 5.56 Å². The summed E-state index contributed by atoms with van der Waals surface area (Å²) in [5.41, 5.74) is 0.273. The molecule has 9 nitrogen and oxygen atoms in total. The lowest BCUT2D eigenvalue weighted by molar-refractivity contribution is -0.133. The fourth-order valence-electron chi connectivity index (χ4n) is 4.27. The van der Waals surface area contributed by atoms with E-state index in [-0.39, 0.29) is 34.8 Å². The monoisotopic (exact) mass is 472 g/mol. The van der Waals surface area contributed by atoms with Gasteiger partial charge >= 0.3 is 5.69 Å². The Labute approximate surface area is 191 Å². The molecule has 3 aromatic heterocycles. The van der Waals surface area contributed by atoms with Crippen LogP contribution in [0.15, 0.2) is 33.9 Å². The van der Waals surface area contributed by atoms with Gasteiger partial charge in [-0.2, -0.15) is 4.98 Å². The molecule has 1 amide bonds. The van der Waals surface area contributed by atoms with Gasteiger partial charge in [0.2, 0.25) is 11.2 Å². The number of piperidine rings is 1. The van der Waals surface area contributed by atoms with Gasteiger partial charge in [0, 0.05) is 33.1 Å². The Hall–Kier alpha value is -2.98. The van der Waals surface area contributed by atoms with Gasteiger partial charge in [-0.1, -0.05) is 12.1 Å². The average molecular weight is 473 g/mol. The molecule has 0 radical (unpaired) electrons. The van der Waals surface area contributed by atoms with E-state index < -0.39 is 11.2 Å². The minimum absolute atomic E-state index is 0.00591. The highest BCUT2D eigenvalue weighted by Crippen LogP contribution is 2.33. The van der Waals surface area contributed by atoms with Crippen LogP contribution in [0.1, 0.15) is 23.8 Å². The predicted octanol–water partition coefficient (Wildman–Crippen LogP) is 2.10. The van der Waals surface area contributed by atoms with E-state index >= 15 is 0 Å². The van der Waals surface area contributed by atoms with Gasteiger partial charge in [-0.15, -0.1) is 11.3 Å². The summed E-state index contributed by atoms with van der Waals surface area (Å²) in [6.45, 7) is 1.09. The van der Waals surface area contributed by atoms with Crippen LogP contribution in [0.3, 0.4) is 0 Å². The van der Waals surface area contributed by atoms with Crippen molar-refractivity contribution in [2.24, 2.45) is 14.1 Å². The van der Waals surface area contributed by atoms with E-state index in [0.717, 1.165) is 32.6 Å². The molecule has 0 saturated carbocycles. The molecule has 4 heterocycles. The van der Waals surface area contributed by atoms with E-state index in [2.05, 4.69) is 11.1 Å². The Morgan fingerprint density at radius 3 is 2.75 bits per heavy atom. The number of carbonyl (C=O) groups excluding carboxylic acids is 1. The summed E-state index contributed by atoms with van der Waals surface area (Å²) in [4.78, 5) is 48.8. The molecule has 1 aliphatic rings. The number of aryl methyl sites for hydroxylation is 1. The molecule has 1 aliphatic heterocycles. The number of imidazole rings is 1. The second-order valence-electron chi connectivity index (χ2n) is 8.04. The molecule has 0 unspecified atom stereocenters. The summed E-state index contributed by atoms with van der Waals surface area (Å²) in [7, 11) is 2.91. The lowest BCUT2D eigenvalue weighted by atomic mass is 9.98. The standard InChI is InChI=1S/C21H21ClN6O3S/c1-25-17-16(19(30)26(2)21(25)31)28(20(22)24-17)11-15(29)27-9-5-6-12(10-27)18-23-13-7-3-4-8-14(13)32-18/h3-4,7-8,12H,5-6,9-11H2,1-2H3/t12-/m1/s1. The van der Waals surface area contributed by atoms with E-state index in [0.29, 0.717) is 13.1 Å². The number of benzene rings is 1. The van der Waals surface area contributed by atoms with Crippen LogP contribution >= 0.6 is 22.9 Å². The highest BCUT2D eigenvalue weighted by molar-refractivity contribution is 7.18. The Bertz CT molecular complexity index is 1450. The topological polar surface area (TPSA) is 95.0 Å². The normalized spacial score (nSPS) is 16.8. The van der Waals surface area contributed by atoms with Gasteiger partial charge in [-0.05, 0) is 36.6 Å². The largest absolute Gasteiger partial charge is 0.340 e. The molecule has 1 aromatic carbocycles. The first-order valence-electron chi connectivity index (χ1n) is 10.3. The van der Waals surface area contributed by atoms with Gasteiger partial charge < -0.3 is 4.90 Å². The van der Waals surface area contributed by atoms with Crippen molar-refractivity contribution in [2.75, 3.05) is 13.1 Å². The fourth-order valence-corrected chi connectivity index (χ4v) is 5.59. The van der Waals surface area contributed by atoms with Crippen molar-refractivity contribution in [3.05, 3.63) is 55.4 Å². The molecular weight excluding hydrogens is 452 g/mol. The van der Waals surface area contributed by atoms with Crippen LogP contribution in [0, 0.1) is 0 Å². The second-order valence-corrected chi connectivity index (χ2v) is 9.44. The van der Waals surface area contributed by atoms with E-state index in [1.165, 1.54) is 23.2 Å². The molecular formula is C21H21ClN6O3S. The first kappa shape index (κ1) is 20.9. The van der Waals surface area contributed by atoms with Crippen LogP contribution in [-0.4, -0.2) is 47.6 Å². The van der Waals surface area contributed by atoms with Crippen LogP contribution in [0.4, 0.5) is 0 Å². The van der Waals surface area contributed by atoms with Crippen molar-refractivity contribution in [3.63, 3.8) is 0 Å². The summed E-state index contributed by atoms with van der Waals surface area (Å²) in [6.07, 6.45) is 1.85. The smallest absolute Gasteiger partial charge is 0.332 e. The molecule has 32 heavy (non-hydrogen) atoms. The maximum absolute atomic E-state index is 13.2. The van der Waals surface area contributed by atoms with Crippen LogP contribution in [0.25, 0.3) is 21.4 Å². The minimum atomic E-state index is -0.527. The number of nitrogens with zero attached hydrogens (tertiary/aromatic N) is 6. The third-order valence-electron chi connectivity index (χ3n) is 6.03. The number of para-hydroxylation sites is 1. The van der Waals surface area contributed by atoms with Gasteiger partial charge in [0.15, 0.2) is 11.2 Å². The van der Waals surface area contributed by atoms with Crippen LogP contribution in [-0.2, 0) is 25.4 Å². The summed E-state index contributed by atoms with van der Waals surface area (Å²) in [6, 6.07) is 8.03. The first-order chi connectivity index (χ1) is 15.3. The van der Waals surface area contributed by atoms with Crippen molar-refractivity contribution in [3.8, 4) is 0 Å². The van der Waals surface area contributed by atoms with Crippen molar-refractivity contribution >= 4 is 50.2 Å². The van der Waals surface area contributed by atoms with Crippen LogP contribution in [0.2, 0.25) is 5.28 Å². The van der Waals surface area contributed by atoms with Gasteiger partial charge in [0.1, 0.15) is 6.54 Å². The van der Waals surface area contributed by atoms with Crippen molar-refractivity contribution in [2.45, 2.75) is 25.3 Å². The molecule has 1 fully saturated rings. The van der Waals surface area contributed by atoms with Crippen molar-refractivity contribution in [1.29, 1.82) is 0 Å². The van der Waals surface area contributed by atoms with Crippen molar-refractivity contribution < 1.29 is 4.79 Å². The molecule has 1 atom stereocenters. The van der Waals surface area contributed by atoms with Crippen molar-refractivity contribution in [1.82, 2.24) is 28.6 Å². The number of likely N-dealkylation sites (tertiary alicyclic amines) is 1. The highest BCUT2D eigenvalue weighted by atomic mass is 35.5. The number of hydrogen-bond acceptors (Lipinski definition) is 6. The number of hydrogen-bond donors (Lipinski definition) is 0. The first-order valence-corrected chi connectivity index (χ1v) is 11.5. The van der Waals surface area contributed by atoms with Gasteiger partial charge in [-0.25, -0.2) is 9.78 Å². The molecule has 4 aromatic rings. The molecule has 0 spiro atoms. The Morgan fingerprint density at radius 1 is 1.19 bits per heavy atom. The summed E-state index contributed by atoms with van der Waals surface area (Å²) in [5.74, 6) is 0.0294. The third-order valence-corrected chi connectivity index (χ3v) is 7.52. The number of fused-ring (bicyclic) bond motifs is 2. The summed E-state index contributed by atoms with van der Waals surface area (Å²) >= 11 is 7.95. The highest BCUT2D eigenvalue weighted by Gasteiger charge is 2.28. The molecule has 0 bridgehead atoms. The molecule has 166 valence electrons. The maximum Gasteiger partial charge on any atom is 0.332 e. The Morgan fingerprint density at radius 2 is 1.97 bits per heavy atom. The Kier molecular flexibility index (Phi) is 5.13. The molecule has 11 heteroatoms. The SMILES string of the molecule is Cn1c(=O)c2c(nc(Cl)n2CC(=O)N2CCC[C@@H](c3nc4ccccc4s3)C2)n(C)c1=O. The minimum Gasteiger partial charge on any atom is -0.340 e. The van der Waals surface area contributed by atoms with Gasteiger partial charge in [0.05, 0.1) is 15.2 Å². The number of aromatic nitrogens is 5. The average Bonchev–Trinajstić information content (AvgIpc) is 3.38. The summed E-state index contributed by atoms with van der Waals surface area (Å²) in [5, 5.41) is 1.05. The number of halogens is 1. The second kappa shape index (κ2) is 7.86. The number of amides is 1. The third kappa shape index (κ3) is 3.34. The Balaban J connectivity index is 1.43. The van der Waals surface area contributed by atoms with E-state index in [1.54, 1.807) is 16.2 Å². The predicted molar refractivity (Wildman–Crippen MR) is 123 cm³/mol. The number of carbonyl (C=O) groups is 1. The maximum atomic E-state index is 13.2. The molecule has 1 saturated heterocycles.